The fourth-order valence-corrected chi connectivity index (χ4v) is 5.60. The van der Waals surface area contributed by atoms with Crippen molar-refractivity contribution in [2.45, 2.75) is 63.4 Å². The minimum absolute atomic E-state index is 0.0474. The molecule has 0 spiro atoms. The number of hydrogen-bond acceptors (Lipinski definition) is 3. The molecule has 0 aromatic carbocycles. The number of nitrogens with one attached hydrogen (secondary N) is 2. The summed E-state index contributed by atoms with van der Waals surface area (Å²) < 4.78 is 0. The van der Waals surface area contributed by atoms with Crippen molar-refractivity contribution in [1.29, 1.82) is 0 Å². The lowest BCUT2D eigenvalue weighted by atomic mass is 9.74. The van der Waals surface area contributed by atoms with Crippen LogP contribution in [0.4, 0.5) is 0 Å². The molecule has 6 unspecified atom stereocenters. The predicted molar refractivity (Wildman–Crippen MR) is 86.9 cm³/mol. The van der Waals surface area contributed by atoms with Gasteiger partial charge in [0.2, 0.25) is 5.91 Å². The van der Waals surface area contributed by atoms with Crippen LogP contribution < -0.4 is 10.6 Å². The molecule has 1 amide bonds. The average Bonchev–Trinajstić information content (AvgIpc) is 2.36. The van der Waals surface area contributed by atoms with E-state index in [1.165, 1.54) is 12.8 Å². The van der Waals surface area contributed by atoms with E-state index >= 15 is 0 Å². The summed E-state index contributed by atoms with van der Waals surface area (Å²) in [6.07, 6.45) is 4.26. The van der Waals surface area contributed by atoms with Crippen molar-refractivity contribution in [3.8, 4) is 0 Å². The van der Waals surface area contributed by atoms with Crippen LogP contribution >= 0.6 is 23.4 Å². The number of thioether (sulfide) groups is 1. The van der Waals surface area contributed by atoms with Crippen LogP contribution in [0, 0.1) is 17.8 Å². The molecule has 1 aliphatic heterocycles. The molecular weight excluding hydrogens is 292 g/mol. The van der Waals surface area contributed by atoms with Crippen LogP contribution in [0.1, 0.15) is 46.5 Å². The Balaban J connectivity index is 1.82. The first-order valence-electron chi connectivity index (χ1n) is 7.80. The minimum atomic E-state index is 0.0474. The van der Waals surface area contributed by atoms with Gasteiger partial charge in [0.05, 0.1) is 0 Å². The molecule has 5 heteroatoms. The fraction of sp³-hybridized carbons (Fsp3) is 0.933. The van der Waals surface area contributed by atoms with E-state index in [1.807, 2.05) is 0 Å². The van der Waals surface area contributed by atoms with Crippen molar-refractivity contribution in [1.82, 2.24) is 10.6 Å². The van der Waals surface area contributed by atoms with Gasteiger partial charge in [0.15, 0.2) is 0 Å². The molecule has 116 valence electrons. The van der Waals surface area contributed by atoms with E-state index in [4.69, 9.17) is 11.6 Å². The van der Waals surface area contributed by atoms with Gasteiger partial charge in [-0.2, -0.15) is 0 Å². The lowest BCUT2D eigenvalue weighted by Gasteiger charge is -2.38. The zero-order valence-corrected chi connectivity index (χ0v) is 14.3. The molecule has 0 radical (unpaired) electrons. The SMILES string of the molecule is CCC1CC(C)C(CSC2NC(=O)CC(C)N2)C(Cl)C1. The number of carbonyl (C=O) groups excluding carboxylic acids is 1. The van der Waals surface area contributed by atoms with Crippen LogP contribution in [-0.4, -0.2) is 28.6 Å². The number of rotatable bonds is 4. The Morgan fingerprint density at radius 2 is 2.10 bits per heavy atom. The second-order valence-corrected chi connectivity index (χ2v) is 8.15. The van der Waals surface area contributed by atoms with Crippen molar-refractivity contribution in [3.05, 3.63) is 0 Å². The Hall–Kier alpha value is 0.0700. The van der Waals surface area contributed by atoms with Gasteiger partial charge in [0, 0.05) is 23.6 Å². The van der Waals surface area contributed by atoms with Crippen LogP contribution in [0.15, 0.2) is 0 Å². The van der Waals surface area contributed by atoms with E-state index in [0.29, 0.717) is 18.3 Å². The van der Waals surface area contributed by atoms with Gasteiger partial charge in [-0.05, 0) is 37.5 Å². The monoisotopic (exact) mass is 318 g/mol. The molecule has 3 nitrogen and oxygen atoms in total. The predicted octanol–water partition coefficient (Wildman–Crippen LogP) is 3.18. The number of amides is 1. The highest BCUT2D eigenvalue weighted by molar-refractivity contribution is 7.99. The summed E-state index contributed by atoms with van der Waals surface area (Å²) >= 11 is 8.41. The lowest BCUT2D eigenvalue weighted by molar-refractivity contribution is -0.123. The quantitative estimate of drug-likeness (QED) is 0.782. The van der Waals surface area contributed by atoms with Crippen LogP contribution in [0.2, 0.25) is 0 Å². The van der Waals surface area contributed by atoms with E-state index in [0.717, 1.165) is 18.1 Å². The van der Waals surface area contributed by atoms with Crippen LogP contribution in [0.25, 0.3) is 0 Å². The number of carbonyl (C=O) groups is 1. The molecule has 1 aliphatic carbocycles. The van der Waals surface area contributed by atoms with Crippen LogP contribution in [-0.2, 0) is 4.79 Å². The van der Waals surface area contributed by atoms with Gasteiger partial charge in [-0.3, -0.25) is 10.1 Å². The maximum absolute atomic E-state index is 11.6. The van der Waals surface area contributed by atoms with Gasteiger partial charge in [-0.25, -0.2) is 0 Å². The standard InChI is InChI=1S/C15H27ClN2OS/c1-4-11-5-9(2)12(13(16)7-11)8-20-15-17-10(3)6-14(19)18-15/h9-13,15,17H,4-8H2,1-3H3,(H,18,19). The second kappa shape index (κ2) is 7.37. The van der Waals surface area contributed by atoms with Crippen molar-refractivity contribution >= 4 is 29.3 Å². The molecule has 6 atom stereocenters. The molecule has 0 aromatic rings. The topological polar surface area (TPSA) is 41.1 Å². The van der Waals surface area contributed by atoms with E-state index in [9.17, 15) is 4.79 Å². The summed E-state index contributed by atoms with van der Waals surface area (Å²) in [7, 11) is 0. The summed E-state index contributed by atoms with van der Waals surface area (Å²) in [5.41, 5.74) is 0.0474. The Kier molecular flexibility index (Phi) is 6.06. The van der Waals surface area contributed by atoms with Gasteiger partial charge in [-0.15, -0.1) is 23.4 Å². The van der Waals surface area contributed by atoms with Gasteiger partial charge >= 0.3 is 0 Å². The number of halogens is 1. The fourth-order valence-electron chi connectivity index (χ4n) is 3.39. The average molecular weight is 319 g/mol. The zero-order chi connectivity index (χ0) is 14.7. The molecule has 0 bridgehead atoms. The summed E-state index contributed by atoms with van der Waals surface area (Å²) in [5.74, 6) is 3.21. The third-order valence-electron chi connectivity index (χ3n) is 4.71. The second-order valence-electron chi connectivity index (χ2n) is 6.46. The Morgan fingerprint density at radius 1 is 1.35 bits per heavy atom. The molecule has 1 saturated carbocycles. The molecule has 2 N–H and O–H groups in total. The maximum Gasteiger partial charge on any atom is 0.223 e. The molecule has 20 heavy (non-hydrogen) atoms. The summed E-state index contributed by atoms with van der Waals surface area (Å²) in [6, 6.07) is 0.265. The largest absolute Gasteiger partial charge is 0.332 e. The molecule has 2 aliphatic rings. The molecule has 2 fully saturated rings. The smallest absolute Gasteiger partial charge is 0.223 e. The Morgan fingerprint density at radius 3 is 2.70 bits per heavy atom. The summed E-state index contributed by atoms with van der Waals surface area (Å²) in [4.78, 5) is 11.6. The summed E-state index contributed by atoms with van der Waals surface area (Å²) in [5, 5.41) is 6.71. The van der Waals surface area contributed by atoms with Crippen molar-refractivity contribution < 1.29 is 4.79 Å². The lowest BCUT2D eigenvalue weighted by Crippen LogP contribution is -2.54. The van der Waals surface area contributed by atoms with E-state index in [2.05, 4.69) is 31.4 Å². The number of alkyl halides is 1. The van der Waals surface area contributed by atoms with Crippen LogP contribution in [0.3, 0.4) is 0 Å². The highest BCUT2D eigenvalue weighted by atomic mass is 35.5. The first kappa shape index (κ1) is 16.4. The molecular formula is C15H27ClN2OS. The van der Waals surface area contributed by atoms with Gasteiger partial charge in [0.25, 0.3) is 0 Å². The van der Waals surface area contributed by atoms with E-state index in [1.54, 1.807) is 11.8 Å². The maximum atomic E-state index is 11.6. The zero-order valence-electron chi connectivity index (χ0n) is 12.7. The van der Waals surface area contributed by atoms with Crippen LogP contribution in [0.5, 0.6) is 0 Å². The third-order valence-corrected chi connectivity index (χ3v) is 6.38. The molecule has 1 saturated heterocycles. The van der Waals surface area contributed by atoms with E-state index in [-0.39, 0.29) is 22.8 Å². The summed E-state index contributed by atoms with van der Waals surface area (Å²) in [6.45, 7) is 6.66. The number of hydrogen-bond donors (Lipinski definition) is 2. The van der Waals surface area contributed by atoms with Gasteiger partial charge < -0.3 is 5.32 Å². The Bertz CT molecular complexity index is 330. The molecule has 0 aromatic heterocycles. The van der Waals surface area contributed by atoms with E-state index < -0.39 is 0 Å². The Labute approximate surface area is 132 Å². The van der Waals surface area contributed by atoms with Gasteiger partial charge in [0.1, 0.15) is 5.50 Å². The molecule has 2 rings (SSSR count). The molecule has 1 heterocycles. The van der Waals surface area contributed by atoms with Crippen molar-refractivity contribution in [3.63, 3.8) is 0 Å². The first-order chi connectivity index (χ1) is 9.49. The third kappa shape index (κ3) is 4.28. The normalized spacial score (nSPS) is 42.3. The van der Waals surface area contributed by atoms with Crippen molar-refractivity contribution in [2.24, 2.45) is 17.8 Å². The minimum Gasteiger partial charge on any atom is -0.332 e. The van der Waals surface area contributed by atoms with Gasteiger partial charge in [-0.1, -0.05) is 20.3 Å². The van der Waals surface area contributed by atoms with Crippen molar-refractivity contribution in [2.75, 3.05) is 5.75 Å². The highest BCUT2D eigenvalue weighted by Crippen LogP contribution is 2.40. The first-order valence-corrected chi connectivity index (χ1v) is 9.29. The highest BCUT2D eigenvalue weighted by Gasteiger charge is 2.34.